The molecular weight excluding hydrogens is 140 g/mol. The Morgan fingerprint density at radius 2 is 2.36 bits per heavy atom. The SMILES string of the molecule is C/C(N)=C1\CC(C)CNC1=O. The molecule has 1 unspecified atom stereocenters. The highest BCUT2D eigenvalue weighted by Gasteiger charge is 2.20. The molecule has 0 aromatic heterocycles. The fourth-order valence-electron chi connectivity index (χ4n) is 1.23. The molecule has 1 saturated heterocycles. The summed E-state index contributed by atoms with van der Waals surface area (Å²) in [5.41, 5.74) is 6.94. The molecule has 0 aliphatic carbocycles. The van der Waals surface area contributed by atoms with Crippen molar-refractivity contribution >= 4 is 5.91 Å². The number of amides is 1. The smallest absolute Gasteiger partial charge is 0.248 e. The van der Waals surface area contributed by atoms with Crippen molar-refractivity contribution in [2.24, 2.45) is 11.7 Å². The van der Waals surface area contributed by atoms with Gasteiger partial charge in [0.1, 0.15) is 0 Å². The van der Waals surface area contributed by atoms with E-state index in [0.717, 1.165) is 18.5 Å². The Balaban J connectivity index is 2.78. The molecule has 0 radical (unpaired) electrons. The number of hydrogen-bond donors (Lipinski definition) is 2. The minimum atomic E-state index is 0.00287. The maximum Gasteiger partial charge on any atom is 0.248 e. The highest BCUT2D eigenvalue weighted by atomic mass is 16.1. The van der Waals surface area contributed by atoms with E-state index in [0.29, 0.717) is 11.6 Å². The second-order valence-electron chi connectivity index (χ2n) is 3.18. The van der Waals surface area contributed by atoms with Gasteiger partial charge in [-0.05, 0) is 19.3 Å². The van der Waals surface area contributed by atoms with Gasteiger partial charge in [-0.25, -0.2) is 0 Å². The first-order valence-electron chi connectivity index (χ1n) is 3.84. The molecule has 1 aliphatic heterocycles. The first kappa shape index (κ1) is 8.11. The van der Waals surface area contributed by atoms with E-state index < -0.39 is 0 Å². The van der Waals surface area contributed by atoms with Crippen molar-refractivity contribution in [1.29, 1.82) is 0 Å². The lowest BCUT2D eigenvalue weighted by atomic mass is 9.95. The lowest BCUT2D eigenvalue weighted by Gasteiger charge is -2.21. The highest BCUT2D eigenvalue weighted by Crippen LogP contribution is 2.16. The number of hydrogen-bond acceptors (Lipinski definition) is 2. The van der Waals surface area contributed by atoms with Gasteiger partial charge in [0.2, 0.25) is 5.91 Å². The van der Waals surface area contributed by atoms with Gasteiger partial charge in [0.15, 0.2) is 0 Å². The summed E-state index contributed by atoms with van der Waals surface area (Å²) in [6.45, 7) is 4.64. The Labute approximate surface area is 66.6 Å². The van der Waals surface area contributed by atoms with E-state index in [1.54, 1.807) is 6.92 Å². The predicted molar refractivity (Wildman–Crippen MR) is 43.7 cm³/mol. The quantitative estimate of drug-likeness (QED) is 0.495. The lowest BCUT2D eigenvalue weighted by Crippen LogP contribution is -2.36. The van der Waals surface area contributed by atoms with Crippen LogP contribution in [0.1, 0.15) is 20.3 Å². The summed E-state index contributed by atoms with van der Waals surface area (Å²) in [7, 11) is 0. The summed E-state index contributed by atoms with van der Waals surface area (Å²) in [6.07, 6.45) is 0.814. The molecule has 0 spiro atoms. The number of nitrogens with one attached hydrogen (secondary N) is 1. The first-order chi connectivity index (χ1) is 5.11. The molecule has 1 amide bonds. The minimum Gasteiger partial charge on any atom is -0.402 e. The van der Waals surface area contributed by atoms with Crippen LogP contribution in [0.5, 0.6) is 0 Å². The number of nitrogens with two attached hydrogens (primary N) is 1. The summed E-state index contributed by atoms with van der Waals surface area (Å²) in [6, 6.07) is 0. The Kier molecular flexibility index (Phi) is 2.17. The van der Waals surface area contributed by atoms with Crippen LogP contribution < -0.4 is 11.1 Å². The Bertz CT molecular complexity index is 204. The van der Waals surface area contributed by atoms with Crippen LogP contribution in [0.4, 0.5) is 0 Å². The van der Waals surface area contributed by atoms with Gasteiger partial charge in [-0.15, -0.1) is 0 Å². The fraction of sp³-hybridized carbons (Fsp3) is 0.625. The average Bonchev–Trinajstić information content (AvgIpc) is 1.94. The molecule has 62 valence electrons. The third kappa shape index (κ3) is 1.73. The molecule has 0 aromatic carbocycles. The van der Waals surface area contributed by atoms with Gasteiger partial charge in [0, 0.05) is 17.8 Å². The summed E-state index contributed by atoms with van der Waals surface area (Å²) in [5, 5.41) is 2.79. The predicted octanol–water partition coefficient (Wildman–Crippen LogP) is 0.375. The van der Waals surface area contributed by atoms with Crippen LogP contribution in [0, 0.1) is 5.92 Å². The van der Waals surface area contributed by atoms with Crippen molar-refractivity contribution in [3.05, 3.63) is 11.3 Å². The standard InChI is InChI=1S/C8H14N2O/c1-5-3-7(6(2)9)8(11)10-4-5/h5H,3-4,9H2,1-2H3,(H,10,11)/b7-6-. The molecule has 3 nitrogen and oxygen atoms in total. The molecule has 1 aliphatic rings. The van der Waals surface area contributed by atoms with E-state index >= 15 is 0 Å². The summed E-state index contributed by atoms with van der Waals surface area (Å²) < 4.78 is 0. The first-order valence-corrected chi connectivity index (χ1v) is 3.84. The van der Waals surface area contributed by atoms with Gasteiger partial charge >= 0.3 is 0 Å². The third-order valence-electron chi connectivity index (χ3n) is 1.91. The number of carbonyl (C=O) groups is 1. The zero-order valence-corrected chi connectivity index (χ0v) is 6.98. The van der Waals surface area contributed by atoms with Gasteiger partial charge < -0.3 is 11.1 Å². The van der Waals surface area contributed by atoms with E-state index in [4.69, 9.17) is 5.73 Å². The van der Waals surface area contributed by atoms with E-state index in [-0.39, 0.29) is 5.91 Å². The van der Waals surface area contributed by atoms with Gasteiger partial charge in [-0.1, -0.05) is 6.92 Å². The topological polar surface area (TPSA) is 55.1 Å². The maximum absolute atomic E-state index is 11.1. The van der Waals surface area contributed by atoms with E-state index in [1.165, 1.54) is 0 Å². The Morgan fingerprint density at radius 1 is 1.73 bits per heavy atom. The van der Waals surface area contributed by atoms with Crippen LogP contribution in [-0.2, 0) is 4.79 Å². The number of piperidine rings is 1. The molecule has 3 heteroatoms. The molecule has 1 rings (SSSR count). The molecule has 0 bridgehead atoms. The second-order valence-corrected chi connectivity index (χ2v) is 3.18. The summed E-state index contributed by atoms with van der Waals surface area (Å²) in [4.78, 5) is 11.1. The molecule has 0 aromatic rings. The lowest BCUT2D eigenvalue weighted by molar-refractivity contribution is -0.118. The van der Waals surface area contributed by atoms with Crippen molar-refractivity contribution in [2.75, 3.05) is 6.54 Å². The van der Waals surface area contributed by atoms with Crippen LogP contribution in [0.2, 0.25) is 0 Å². The van der Waals surface area contributed by atoms with Crippen LogP contribution in [0.3, 0.4) is 0 Å². The largest absolute Gasteiger partial charge is 0.402 e. The summed E-state index contributed by atoms with van der Waals surface area (Å²) >= 11 is 0. The molecule has 1 heterocycles. The number of carbonyl (C=O) groups excluding carboxylic acids is 1. The number of rotatable bonds is 0. The van der Waals surface area contributed by atoms with E-state index in [2.05, 4.69) is 12.2 Å². The molecular formula is C8H14N2O. The molecule has 1 atom stereocenters. The van der Waals surface area contributed by atoms with Crippen molar-refractivity contribution in [2.45, 2.75) is 20.3 Å². The fourth-order valence-corrected chi connectivity index (χ4v) is 1.23. The third-order valence-corrected chi connectivity index (χ3v) is 1.91. The van der Waals surface area contributed by atoms with Gasteiger partial charge in [-0.3, -0.25) is 4.79 Å². The Morgan fingerprint density at radius 3 is 2.82 bits per heavy atom. The molecule has 11 heavy (non-hydrogen) atoms. The zero-order chi connectivity index (χ0) is 8.43. The minimum absolute atomic E-state index is 0.00287. The van der Waals surface area contributed by atoms with Crippen LogP contribution in [0.15, 0.2) is 11.3 Å². The van der Waals surface area contributed by atoms with Crippen molar-refractivity contribution in [1.82, 2.24) is 5.32 Å². The Hall–Kier alpha value is -0.990. The van der Waals surface area contributed by atoms with Crippen LogP contribution in [0.25, 0.3) is 0 Å². The molecule has 1 fully saturated rings. The van der Waals surface area contributed by atoms with Gasteiger partial charge in [0.05, 0.1) is 0 Å². The van der Waals surface area contributed by atoms with Crippen LogP contribution in [-0.4, -0.2) is 12.5 Å². The normalized spacial score (nSPS) is 29.6. The van der Waals surface area contributed by atoms with Crippen molar-refractivity contribution < 1.29 is 4.79 Å². The van der Waals surface area contributed by atoms with Gasteiger partial charge in [-0.2, -0.15) is 0 Å². The van der Waals surface area contributed by atoms with E-state index in [9.17, 15) is 4.79 Å². The summed E-state index contributed by atoms with van der Waals surface area (Å²) in [5.74, 6) is 0.518. The van der Waals surface area contributed by atoms with E-state index in [1.807, 2.05) is 0 Å². The maximum atomic E-state index is 11.1. The number of allylic oxidation sites excluding steroid dienone is 1. The highest BCUT2D eigenvalue weighted by molar-refractivity contribution is 5.94. The van der Waals surface area contributed by atoms with Crippen molar-refractivity contribution in [3.63, 3.8) is 0 Å². The monoisotopic (exact) mass is 154 g/mol. The molecule has 0 saturated carbocycles. The van der Waals surface area contributed by atoms with Crippen LogP contribution >= 0.6 is 0 Å². The van der Waals surface area contributed by atoms with Crippen molar-refractivity contribution in [3.8, 4) is 0 Å². The zero-order valence-electron chi connectivity index (χ0n) is 6.98. The average molecular weight is 154 g/mol. The van der Waals surface area contributed by atoms with Gasteiger partial charge in [0.25, 0.3) is 0 Å². The molecule has 3 N–H and O–H groups in total. The second kappa shape index (κ2) is 2.95.